The largest absolute Gasteiger partial charge is 0.375 e. The Hall–Kier alpha value is -0.210. The van der Waals surface area contributed by atoms with Crippen LogP contribution in [0.25, 0.3) is 0 Å². The minimum atomic E-state index is -3.34. The summed E-state index contributed by atoms with van der Waals surface area (Å²) < 4.78 is 34.4. The topological polar surface area (TPSA) is 61.9 Å². The van der Waals surface area contributed by atoms with Gasteiger partial charge in [0.15, 0.2) is 0 Å². The van der Waals surface area contributed by atoms with Crippen molar-refractivity contribution in [2.45, 2.75) is 45.8 Å². The molecule has 2 aliphatic heterocycles. The van der Waals surface area contributed by atoms with Gasteiger partial charge in [-0.3, -0.25) is 0 Å². The first-order valence-electron chi connectivity index (χ1n) is 8.04. The smallest absolute Gasteiger partial charge is 0.282 e. The SMILES string of the molecule is CCNCC1CCN(S(=O)(=O)N2C[C@H](C)OC[C@@H]2C)CC1. The molecule has 0 aromatic heterocycles. The molecule has 0 aromatic rings. The summed E-state index contributed by atoms with van der Waals surface area (Å²) in [6.07, 6.45) is 1.86. The second-order valence-electron chi connectivity index (χ2n) is 6.22. The van der Waals surface area contributed by atoms with Gasteiger partial charge in [-0.2, -0.15) is 17.0 Å². The third-order valence-electron chi connectivity index (χ3n) is 4.43. The van der Waals surface area contributed by atoms with Crippen molar-refractivity contribution in [2.75, 3.05) is 39.3 Å². The second kappa shape index (κ2) is 7.37. The molecule has 0 saturated carbocycles. The second-order valence-corrected chi connectivity index (χ2v) is 8.10. The summed E-state index contributed by atoms with van der Waals surface area (Å²) in [5, 5.41) is 3.35. The molecule has 2 atom stereocenters. The van der Waals surface area contributed by atoms with Crippen molar-refractivity contribution in [1.82, 2.24) is 13.9 Å². The predicted molar refractivity (Wildman–Crippen MR) is 83.3 cm³/mol. The molecule has 7 heteroatoms. The molecule has 0 aliphatic carbocycles. The van der Waals surface area contributed by atoms with Gasteiger partial charge in [-0.15, -0.1) is 0 Å². The zero-order chi connectivity index (χ0) is 15.5. The molecule has 2 aliphatic rings. The van der Waals surface area contributed by atoms with E-state index in [1.54, 1.807) is 8.61 Å². The Kier molecular flexibility index (Phi) is 6.02. The highest BCUT2D eigenvalue weighted by atomic mass is 32.2. The van der Waals surface area contributed by atoms with Gasteiger partial charge in [-0.05, 0) is 45.7 Å². The molecular formula is C14H29N3O3S. The Bertz CT molecular complexity index is 421. The van der Waals surface area contributed by atoms with Gasteiger partial charge in [0.2, 0.25) is 0 Å². The average Bonchev–Trinajstić information content (AvgIpc) is 2.48. The maximum Gasteiger partial charge on any atom is 0.282 e. The highest BCUT2D eigenvalue weighted by molar-refractivity contribution is 7.86. The fourth-order valence-corrected chi connectivity index (χ4v) is 4.92. The molecule has 2 saturated heterocycles. The Morgan fingerprint density at radius 2 is 1.90 bits per heavy atom. The summed E-state index contributed by atoms with van der Waals surface area (Å²) in [6.45, 7) is 10.1. The van der Waals surface area contributed by atoms with Crippen LogP contribution < -0.4 is 5.32 Å². The van der Waals surface area contributed by atoms with E-state index in [1.807, 2.05) is 13.8 Å². The normalized spacial score (nSPS) is 30.6. The minimum Gasteiger partial charge on any atom is -0.375 e. The van der Waals surface area contributed by atoms with E-state index in [0.29, 0.717) is 32.2 Å². The van der Waals surface area contributed by atoms with E-state index in [0.717, 1.165) is 25.9 Å². The first kappa shape index (κ1) is 17.1. The van der Waals surface area contributed by atoms with Crippen LogP contribution >= 0.6 is 0 Å². The van der Waals surface area contributed by atoms with Crippen LogP contribution in [0.1, 0.15) is 33.6 Å². The van der Waals surface area contributed by atoms with Gasteiger partial charge in [-0.1, -0.05) is 6.92 Å². The lowest BCUT2D eigenvalue weighted by atomic mass is 9.98. The highest BCUT2D eigenvalue weighted by Crippen LogP contribution is 2.24. The lowest BCUT2D eigenvalue weighted by Crippen LogP contribution is -2.56. The van der Waals surface area contributed by atoms with Crippen molar-refractivity contribution in [1.29, 1.82) is 0 Å². The van der Waals surface area contributed by atoms with Crippen LogP contribution in [0, 0.1) is 5.92 Å². The zero-order valence-electron chi connectivity index (χ0n) is 13.4. The van der Waals surface area contributed by atoms with E-state index in [1.165, 1.54) is 0 Å². The number of hydrogen-bond acceptors (Lipinski definition) is 4. The molecular weight excluding hydrogens is 290 g/mol. The predicted octanol–water partition coefficient (Wildman–Crippen LogP) is 0.662. The van der Waals surface area contributed by atoms with Crippen molar-refractivity contribution in [3.05, 3.63) is 0 Å². The molecule has 0 spiro atoms. The summed E-state index contributed by atoms with van der Waals surface area (Å²) in [4.78, 5) is 0. The molecule has 0 aromatic carbocycles. The van der Waals surface area contributed by atoms with E-state index in [4.69, 9.17) is 4.74 Å². The third kappa shape index (κ3) is 4.16. The molecule has 1 N–H and O–H groups in total. The summed E-state index contributed by atoms with van der Waals surface area (Å²) in [5.74, 6) is 0.595. The fraction of sp³-hybridized carbons (Fsp3) is 1.00. The molecule has 2 fully saturated rings. The van der Waals surface area contributed by atoms with E-state index in [9.17, 15) is 8.42 Å². The molecule has 0 unspecified atom stereocenters. The standard InChI is InChI=1S/C14H29N3O3S/c1-4-15-9-14-5-7-16(8-6-14)21(18,19)17-10-13(3)20-11-12(17)2/h12-15H,4-11H2,1-3H3/t12-,13-/m0/s1. The van der Waals surface area contributed by atoms with Crippen LogP contribution in [0.5, 0.6) is 0 Å². The first-order valence-corrected chi connectivity index (χ1v) is 9.44. The Balaban J connectivity index is 1.94. The third-order valence-corrected chi connectivity index (χ3v) is 6.55. The number of nitrogens with zero attached hydrogens (tertiary/aromatic N) is 2. The van der Waals surface area contributed by atoms with E-state index in [2.05, 4.69) is 12.2 Å². The lowest BCUT2D eigenvalue weighted by molar-refractivity contribution is -0.0194. The highest BCUT2D eigenvalue weighted by Gasteiger charge is 2.38. The van der Waals surface area contributed by atoms with Gasteiger partial charge in [0.1, 0.15) is 0 Å². The van der Waals surface area contributed by atoms with Crippen LogP contribution in [0.2, 0.25) is 0 Å². The minimum absolute atomic E-state index is 0.0257. The van der Waals surface area contributed by atoms with Gasteiger partial charge in [0.05, 0.1) is 12.7 Å². The van der Waals surface area contributed by atoms with Crippen molar-refractivity contribution >= 4 is 10.2 Å². The van der Waals surface area contributed by atoms with Crippen LogP contribution in [0.15, 0.2) is 0 Å². The van der Waals surface area contributed by atoms with Crippen LogP contribution in [-0.2, 0) is 14.9 Å². The Labute approximate surface area is 129 Å². The van der Waals surface area contributed by atoms with Crippen molar-refractivity contribution < 1.29 is 13.2 Å². The summed E-state index contributed by atoms with van der Waals surface area (Å²) in [7, 11) is -3.34. The first-order chi connectivity index (χ1) is 9.95. The molecule has 6 nitrogen and oxygen atoms in total. The molecule has 0 bridgehead atoms. The average molecular weight is 319 g/mol. The number of nitrogens with one attached hydrogen (secondary N) is 1. The maximum atomic E-state index is 12.8. The Morgan fingerprint density at radius 3 is 2.52 bits per heavy atom. The fourth-order valence-electron chi connectivity index (χ4n) is 3.04. The number of rotatable bonds is 5. The molecule has 2 rings (SSSR count). The van der Waals surface area contributed by atoms with E-state index in [-0.39, 0.29) is 12.1 Å². The number of morpholine rings is 1. The summed E-state index contributed by atoms with van der Waals surface area (Å²) in [6, 6.07) is -0.0781. The van der Waals surface area contributed by atoms with Crippen LogP contribution in [-0.4, -0.2) is 68.5 Å². The molecule has 21 heavy (non-hydrogen) atoms. The van der Waals surface area contributed by atoms with Crippen molar-refractivity contribution in [2.24, 2.45) is 5.92 Å². The van der Waals surface area contributed by atoms with Crippen molar-refractivity contribution in [3.8, 4) is 0 Å². The Morgan fingerprint density at radius 1 is 1.24 bits per heavy atom. The maximum absolute atomic E-state index is 12.8. The monoisotopic (exact) mass is 319 g/mol. The molecule has 0 amide bonds. The van der Waals surface area contributed by atoms with Gasteiger partial charge >= 0.3 is 0 Å². The number of hydrogen-bond donors (Lipinski definition) is 1. The van der Waals surface area contributed by atoms with Crippen LogP contribution in [0.3, 0.4) is 0 Å². The van der Waals surface area contributed by atoms with Gasteiger partial charge < -0.3 is 10.1 Å². The number of ether oxygens (including phenoxy) is 1. The quantitative estimate of drug-likeness (QED) is 0.809. The number of piperidine rings is 1. The van der Waals surface area contributed by atoms with Gasteiger partial charge in [-0.25, -0.2) is 0 Å². The van der Waals surface area contributed by atoms with Crippen molar-refractivity contribution in [3.63, 3.8) is 0 Å². The zero-order valence-corrected chi connectivity index (χ0v) is 14.2. The summed E-state index contributed by atoms with van der Waals surface area (Å²) >= 11 is 0. The van der Waals surface area contributed by atoms with Crippen LogP contribution in [0.4, 0.5) is 0 Å². The van der Waals surface area contributed by atoms with E-state index >= 15 is 0 Å². The van der Waals surface area contributed by atoms with Gasteiger partial charge in [0, 0.05) is 25.7 Å². The van der Waals surface area contributed by atoms with Gasteiger partial charge in [0.25, 0.3) is 10.2 Å². The molecule has 0 radical (unpaired) electrons. The summed E-state index contributed by atoms with van der Waals surface area (Å²) in [5.41, 5.74) is 0. The van der Waals surface area contributed by atoms with E-state index < -0.39 is 10.2 Å². The molecule has 124 valence electrons. The lowest BCUT2D eigenvalue weighted by Gasteiger charge is -2.40. The molecule has 2 heterocycles.